The maximum absolute atomic E-state index is 6.02. The molecule has 1 aromatic rings. The van der Waals surface area contributed by atoms with Gasteiger partial charge in [-0.05, 0) is 43.9 Å². The van der Waals surface area contributed by atoms with Crippen LogP contribution in [-0.4, -0.2) is 17.0 Å². The summed E-state index contributed by atoms with van der Waals surface area (Å²) in [5.74, 6) is 0. The fraction of sp³-hybridized carbons (Fsp3) is 0.571. The summed E-state index contributed by atoms with van der Waals surface area (Å²) in [5, 5.41) is 0.716. The summed E-state index contributed by atoms with van der Waals surface area (Å²) < 4.78 is 0. The highest BCUT2D eigenvalue weighted by Crippen LogP contribution is 2.29. The van der Waals surface area contributed by atoms with Crippen LogP contribution in [0.25, 0.3) is 0 Å². The van der Waals surface area contributed by atoms with Crippen molar-refractivity contribution in [3.63, 3.8) is 0 Å². The molecule has 3 heteroatoms. The van der Waals surface area contributed by atoms with Crippen molar-refractivity contribution in [2.24, 2.45) is 0 Å². The van der Waals surface area contributed by atoms with E-state index < -0.39 is 0 Å². The largest absolute Gasteiger partial charge is 0.398 e. The average molecular weight is 253 g/mol. The van der Waals surface area contributed by atoms with E-state index in [1.54, 1.807) is 0 Å². The maximum atomic E-state index is 6.02. The molecule has 0 amide bonds. The van der Waals surface area contributed by atoms with Gasteiger partial charge in [-0.25, -0.2) is 0 Å². The molecule has 2 rings (SSSR count). The summed E-state index contributed by atoms with van der Waals surface area (Å²) in [4.78, 5) is 2.57. The van der Waals surface area contributed by atoms with Gasteiger partial charge in [-0.2, -0.15) is 0 Å². The van der Waals surface area contributed by atoms with Crippen LogP contribution in [0.3, 0.4) is 0 Å². The topological polar surface area (TPSA) is 29.3 Å². The predicted octanol–water partition coefficient (Wildman–Crippen LogP) is 3.69. The molecule has 0 aromatic heterocycles. The molecular formula is C14H21ClN2. The Hall–Kier alpha value is -0.730. The lowest BCUT2D eigenvalue weighted by atomic mass is 10.1. The third-order valence-corrected chi connectivity index (χ3v) is 4.12. The fourth-order valence-corrected chi connectivity index (χ4v) is 2.94. The standard InChI is InChI=1S/C14H21ClN2/c1-3-13-7-4-10(2)17(13)9-11-5-6-12(15)8-14(11)16/h5-6,8,10,13H,3-4,7,9,16H2,1-2H3. The second-order valence-electron chi connectivity index (χ2n) is 5.00. The molecular weight excluding hydrogens is 232 g/mol. The zero-order valence-electron chi connectivity index (χ0n) is 10.6. The Bertz CT molecular complexity index is 392. The number of halogens is 1. The third-order valence-electron chi connectivity index (χ3n) is 3.88. The normalized spacial score (nSPS) is 25.4. The van der Waals surface area contributed by atoms with Crippen LogP contribution < -0.4 is 5.73 Å². The van der Waals surface area contributed by atoms with Crippen LogP contribution in [-0.2, 0) is 6.54 Å². The lowest BCUT2D eigenvalue weighted by Gasteiger charge is -2.28. The number of hydrogen-bond acceptors (Lipinski definition) is 2. The van der Waals surface area contributed by atoms with Gasteiger partial charge < -0.3 is 5.73 Å². The molecule has 17 heavy (non-hydrogen) atoms. The van der Waals surface area contributed by atoms with Gasteiger partial charge in [0.2, 0.25) is 0 Å². The first-order chi connectivity index (χ1) is 8.11. The van der Waals surface area contributed by atoms with E-state index in [0.717, 1.165) is 12.2 Å². The maximum Gasteiger partial charge on any atom is 0.0426 e. The molecule has 2 atom stereocenters. The van der Waals surface area contributed by atoms with Gasteiger partial charge in [-0.3, -0.25) is 4.90 Å². The van der Waals surface area contributed by atoms with E-state index in [1.165, 1.54) is 24.8 Å². The molecule has 1 aliphatic rings. The predicted molar refractivity (Wildman–Crippen MR) is 74.2 cm³/mol. The first-order valence-electron chi connectivity index (χ1n) is 6.41. The molecule has 0 aliphatic carbocycles. The molecule has 1 heterocycles. The zero-order valence-corrected chi connectivity index (χ0v) is 11.4. The van der Waals surface area contributed by atoms with Gasteiger partial charge in [-0.15, -0.1) is 0 Å². The molecule has 94 valence electrons. The van der Waals surface area contributed by atoms with Crippen LogP contribution in [0.4, 0.5) is 5.69 Å². The van der Waals surface area contributed by atoms with Crippen molar-refractivity contribution in [2.75, 3.05) is 5.73 Å². The number of hydrogen-bond donors (Lipinski definition) is 1. The Morgan fingerprint density at radius 3 is 2.82 bits per heavy atom. The van der Waals surface area contributed by atoms with Gasteiger partial charge in [0.25, 0.3) is 0 Å². The minimum Gasteiger partial charge on any atom is -0.398 e. The molecule has 1 fully saturated rings. The van der Waals surface area contributed by atoms with Crippen LogP contribution in [0, 0.1) is 0 Å². The summed E-state index contributed by atoms with van der Waals surface area (Å²) in [5.41, 5.74) is 8.03. The Morgan fingerprint density at radius 1 is 1.41 bits per heavy atom. The van der Waals surface area contributed by atoms with E-state index >= 15 is 0 Å². The molecule has 2 nitrogen and oxygen atoms in total. The molecule has 0 bridgehead atoms. The van der Waals surface area contributed by atoms with E-state index in [0.29, 0.717) is 17.1 Å². The molecule has 1 saturated heterocycles. The van der Waals surface area contributed by atoms with Gasteiger partial charge in [-0.1, -0.05) is 24.6 Å². The lowest BCUT2D eigenvalue weighted by Crippen LogP contribution is -2.33. The quantitative estimate of drug-likeness (QED) is 0.832. The second kappa shape index (κ2) is 5.28. The summed E-state index contributed by atoms with van der Waals surface area (Å²) in [7, 11) is 0. The van der Waals surface area contributed by atoms with Gasteiger partial charge in [0.05, 0.1) is 0 Å². The van der Waals surface area contributed by atoms with E-state index in [1.807, 2.05) is 12.1 Å². The number of nitrogens with zero attached hydrogens (tertiary/aromatic N) is 1. The van der Waals surface area contributed by atoms with Crippen LogP contribution in [0.5, 0.6) is 0 Å². The van der Waals surface area contributed by atoms with E-state index in [4.69, 9.17) is 17.3 Å². The molecule has 2 unspecified atom stereocenters. The van der Waals surface area contributed by atoms with Crippen molar-refractivity contribution in [3.8, 4) is 0 Å². The van der Waals surface area contributed by atoms with E-state index in [9.17, 15) is 0 Å². The number of rotatable bonds is 3. The highest BCUT2D eigenvalue weighted by Gasteiger charge is 2.29. The van der Waals surface area contributed by atoms with Crippen LogP contribution >= 0.6 is 11.6 Å². The van der Waals surface area contributed by atoms with Crippen LogP contribution in [0.15, 0.2) is 18.2 Å². The van der Waals surface area contributed by atoms with Gasteiger partial charge in [0.1, 0.15) is 0 Å². The summed E-state index contributed by atoms with van der Waals surface area (Å²) in [6.07, 6.45) is 3.83. The number of benzene rings is 1. The van der Waals surface area contributed by atoms with E-state index in [-0.39, 0.29) is 0 Å². The fourth-order valence-electron chi connectivity index (χ4n) is 2.76. The Morgan fingerprint density at radius 2 is 2.18 bits per heavy atom. The first-order valence-corrected chi connectivity index (χ1v) is 6.79. The van der Waals surface area contributed by atoms with Crippen molar-refractivity contribution in [3.05, 3.63) is 28.8 Å². The summed E-state index contributed by atoms with van der Waals surface area (Å²) in [6, 6.07) is 7.19. The zero-order chi connectivity index (χ0) is 12.4. The van der Waals surface area contributed by atoms with Crippen molar-refractivity contribution in [1.29, 1.82) is 0 Å². The monoisotopic (exact) mass is 252 g/mol. The van der Waals surface area contributed by atoms with Gasteiger partial charge in [0.15, 0.2) is 0 Å². The summed E-state index contributed by atoms with van der Waals surface area (Å²) in [6.45, 7) is 5.52. The average Bonchev–Trinajstić information content (AvgIpc) is 2.64. The number of likely N-dealkylation sites (tertiary alicyclic amines) is 1. The molecule has 2 N–H and O–H groups in total. The third kappa shape index (κ3) is 2.75. The highest BCUT2D eigenvalue weighted by atomic mass is 35.5. The molecule has 1 aromatic carbocycles. The Labute approximate surface area is 109 Å². The van der Waals surface area contributed by atoms with Crippen LogP contribution in [0.2, 0.25) is 5.02 Å². The molecule has 0 radical (unpaired) electrons. The Kier molecular flexibility index (Phi) is 3.95. The summed E-state index contributed by atoms with van der Waals surface area (Å²) >= 11 is 5.92. The van der Waals surface area contributed by atoms with Gasteiger partial charge in [0, 0.05) is 29.3 Å². The molecule has 0 saturated carbocycles. The van der Waals surface area contributed by atoms with Crippen molar-refractivity contribution in [1.82, 2.24) is 4.90 Å². The Balaban J connectivity index is 2.14. The lowest BCUT2D eigenvalue weighted by molar-refractivity contribution is 0.190. The SMILES string of the molecule is CCC1CCC(C)N1Cc1ccc(Cl)cc1N. The number of nitrogens with two attached hydrogens (primary N) is 1. The van der Waals surface area contributed by atoms with E-state index in [2.05, 4.69) is 24.8 Å². The highest BCUT2D eigenvalue weighted by molar-refractivity contribution is 6.30. The number of anilines is 1. The van der Waals surface area contributed by atoms with Crippen molar-refractivity contribution < 1.29 is 0 Å². The number of nitrogen functional groups attached to an aromatic ring is 1. The van der Waals surface area contributed by atoms with Gasteiger partial charge >= 0.3 is 0 Å². The molecule has 1 aliphatic heterocycles. The first kappa shape index (κ1) is 12.7. The van der Waals surface area contributed by atoms with Crippen molar-refractivity contribution in [2.45, 2.75) is 51.7 Å². The molecule has 0 spiro atoms. The van der Waals surface area contributed by atoms with Crippen LogP contribution in [0.1, 0.15) is 38.7 Å². The minimum atomic E-state index is 0.662. The minimum absolute atomic E-state index is 0.662. The smallest absolute Gasteiger partial charge is 0.0426 e. The van der Waals surface area contributed by atoms with Crippen molar-refractivity contribution >= 4 is 17.3 Å². The second-order valence-corrected chi connectivity index (χ2v) is 5.44.